The van der Waals surface area contributed by atoms with Gasteiger partial charge in [0.1, 0.15) is 12.0 Å². The summed E-state index contributed by atoms with van der Waals surface area (Å²) in [6.07, 6.45) is 3.18. The number of rotatable bonds is 5. The minimum atomic E-state index is -0.504. The molecule has 1 aromatic heterocycles. The van der Waals surface area contributed by atoms with Crippen molar-refractivity contribution in [3.05, 3.63) is 28.4 Å². The second-order valence-electron chi connectivity index (χ2n) is 3.40. The van der Waals surface area contributed by atoms with Gasteiger partial charge in [0.25, 0.3) is 5.69 Å². The summed E-state index contributed by atoms with van der Waals surface area (Å²) in [4.78, 5) is 17.8. The molecular weight excluding hydrogens is 222 g/mol. The van der Waals surface area contributed by atoms with E-state index in [4.69, 9.17) is 5.73 Å². The molecule has 0 saturated heterocycles. The van der Waals surface area contributed by atoms with Crippen molar-refractivity contribution in [2.45, 2.75) is 19.8 Å². The van der Waals surface area contributed by atoms with Crippen LogP contribution in [-0.2, 0) is 0 Å². The van der Waals surface area contributed by atoms with E-state index in [0.717, 1.165) is 12.8 Å². The van der Waals surface area contributed by atoms with Gasteiger partial charge in [-0.2, -0.15) is 0 Å². The summed E-state index contributed by atoms with van der Waals surface area (Å²) in [7, 11) is 0. The van der Waals surface area contributed by atoms with E-state index in [0.29, 0.717) is 12.4 Å². The van der Waals surface area contributed by atoms with Gasteiger partial charge < -0.3 is 11.1 Å². The molecule has 0 aliphatic rings. The first-order chi connectivity index (χ1) is 8.13. The number of nitrogens with two attached hydrogens (primary N) is 1. The Morgan fingerprint density at radius 2 is 2.41 bits per heavy atom. The molecule has 17 heavy (non-hydrogen) atoms. The number of nitrogens with zero attached hydrogens (tertiary/aromatic N) is 3. The topological polar surface area (TPSA) is 106 Å². The van der Waals surface area contributed by atoms with Gasteiger partial charge in [-0.3, -0.25) is 15.1 Å². The first-order valence-electron chi connectivity index (χ1n) is 5.31. The smallest absolute Gasteiger partial charge is 0.287 e. The van der Waals surface area contributed by atoms with Crippen molar-refractivity contribution in [3.8, 4) is 0 Å². The third-order valence-corrected chi connectivity index (χ3v) is 2.01. The van der Waals surface area contributed by atoms with Gasteiger partial charge in [-0.15, -0.1) is 0 Å². The summed E-state index contributed by atoms with van der Waals surface area (Å²) in [6, 6.07) is 2.84. The summed E-state index contributed by atoms with van der Waals surface area (Å²) >= 11 is 0. The largest absolute Gasteiger partial charge is 0.370 e. The van der Waals surface area contributed by atoms with E-state index in [-0.39, 0.29) is 11.6 Å². The maximum Gasteiger partial charge on any atom is 0.287 e. The summed E-state index contributed by atoms with van der Waals surface area (Å²) in [5.41, 5.74) is 5.55. The molecule has 1 rings (SSSR count). The second kappa shape index (κ2) is 6.41. The average Bonchev–Trinajstić information content (AvgIpc) is 2.30. The summed E-state index contributed by atoms with van der Waals surface area (Å²) in [5.74, 6) is 0.702. The highest BCUT2D eigenvalue weighted by Crippen LogP contribution is 2.11. The molecule has 0 unspecified atom stereocenters. The number of hydrogen-bond donors (Lipinski definition) is 2. The molecular formula is C10H15N5O2. The zero-order valence-corrected chi connectivity index (χ0v) is 9.59. The highest BCUT2D eigenvalue weighted by atomic mass is 16.6. The number of pyridine rings is 1. The molecule has 7 heteroatoms. The van der Waals surface area contributed by atoms with E-state index in [1.54, 1.807) is 0 Å². The lowest BCUT2D eigenvalue weighted by molar-refractivity contribution is -0.385. The lowest BCUT2D eigenvalue weighted by Crippen LogP contribution is -2.23. The third-order valence-electron chi connectivity index (χ3n) is 2.01. The summed E-state index contributed by atoms with van der Waals surface area (Å²) in [5, 5.41) is 13.2. The van der Waals surface area contributed by atoms with Crippen molar-refractivity contribution in [2.75, 3.05) is 11.9 Å². The van der Waals surface area contributed by atoms with Crippen LogP contribution < -0.4 is 11.1 Å². The molecule has 0 bridgehead atoms. The molecule has 0 radical (unpaired) electrons. The maximum absolute atomic E-state index is 10.4. The normalized spacial score (nSPS) is 11.2. The van der Waals surface area contributed by atoms with Gasteiger partial charge in [0.15, 0.2) is 5.96 Å². The predicted molar refractivity (Wildman–Crippen MR) is 65.9 cm³/mol. The fourth-order valence-corrected chi connectivity index (χ4v) is 1.10. The lowest BCUT2D eigenvalue weighted by Gasteiger charge is -2.03. The van der Waals surface area contributed by atoms with Crippen LogP contribution in [0.4, 0.5) is 11.5 Å². The fraction of sp³-hybridized carbons (Fsp3) is 0.400. The van der Waals surface area contributed by atoms with Crippen LogP contribution in [0.3, 0.4) is 0 Å². The molecule has 92 valence electrons. The van der Waals surface area contributed by atoms with E-state index in [9.17, 15) is 10.1 Å². The minimum Gasteiger partial charge on any atom is -0.370 e. The van der Waals surface area contributed by atoms with Crippen LogP contribution in [-0.4, -0.2) is 22.4 Å². The summed E-state index contributed by atoms with van der Waals surface area (Å²) < 4.78 is 0. The van der Waals surface area contributed by atoms with Crippen molar-refractivity contribution in [2.24, 2.45) is 10.7 Å². The van der Waals surface area contributed by atoms with E-state index >= 15 is 0 Å². The van der Waals surface area contributed by atoms with Gasteiger partial charge in [-0.25, -0.2) is 4.98 Å². The molecule has 0 aliphatic carbocycles. The Labute approximate surface area is 98.9 Å². The van der Waals surface area contributed by atoms with E-state index in [2.05, 4.69) is 22.2 Å². The Bertz CT molecular complexity index is 402. The van der Waals surface area contributed by atoms with Crippen molar-refractivity contribution < 1.29 is 4.92 Å². The molecule has 3 N–H and O–H groups in total. The maximum atomic E-state index is 10.4. The molecule has 1 heterocycles. The van der Waals surface area contributed by atoms with Crippen molar-refractivity contribution in [1.82, 2.24) is 4.98 Å². The minimum absolute atomic E-state index is 0.0583. The predicted octanol–water partition coefficient (Wildman–Crippen LogP) is 1.52. The second-order valence-corrected chi connectivity index (χ2v) is 3.40. The van der Waals surface area contributed by atoms with Crippen LogP contribution in [0.2, 0.25) is 0 Å². The molecule has 0 atom stereocenters. The Hall–Kier alpha value is -2.18. The van der Waals surface area contributed by atoms with E-state index in [1.165, 1.54) is 18.3 Å². The molecule has 0 spiro atoms. The van der Waals surface area contributed by atoms with Crippen molar-refractivity contribution in [1.29, 1.82) is 0 Å². The van der Waals surface area contributed by atoms with Crippen LogP contribution in [0.25, 0.3) is 0 Å². The molecule has 7 nitrogen and oxygen atoms in total. The number of hydrogen-bond acceptors (Lipinski definition) is 4. The number of nitro groups is 1. The number of aromatic nitrogens is 1. The Morgan fingerprint density at radius 1 is 1.65 bits per heavy atom. The highest BCUT2D eigenvalue weighted by Gasteiger charge is 2.05. The standard InChI is InChI=1S/C10H15N5O2/c1-2-3-6-12-10(11)14-9-5-4-8(7-13-9)15(16)17/h4-5,7H,2-3,6H2,1H3,(H3,11,12,13,14). The van der Waals surface area contributed by atoms with Crippen LogP contribution in [0, 0.1) is 10.1 Å². The molecule has 0 aliphatic heterocycles. The Kier molecular flexibility index (Phi) is 4.86. The number of guanidine groups is 1. The fourth-order valence-electron chi connectivity index (χ4n) is 1.10. The first kappa shape index (κ1) is 12.9. The van der Waals surface area contributed by atoms with Gasteiger partial charge >= 0.3 is 0 Å². The lowest BCUT2D eigenvalue weighted by atomic mass is 10.3. The molecule has 0 amide bonds. The molecule has 1 aromatic rings. The Morgan fingerprint density at radius 3 is 2.94 bits per heavy atom. The van der Waals surface area contributed by atoms with Crippen LogP contribution in [0.1, 0.15) is 19.8 Å². The zero-order chi connectivity index (χ0) is 12.7. The number of anilines is 1. The van der Waals surface area contributed by atoms with Gasteiger partial charge in [-0.1, -0.05) is 13.3 Å². The molecule has 0 saturated carbocycles. The zero-order valence-electron chi connectivity index (χ0n) is 9.59. The van der Waals surface area contributed by atoms with Gasteiger partial charge in [0, 0.05) is 12.6 Å². The van der Waals surface area contributed by atoms with Crippen molar-refractivity contribution >= 4 is 17.5 Å². The van der Waals surface area contributed by atoms with Gasteiger partial charge in [-0.05, 0) is 12.5 Å². The number of aliphatic imine (C=N–C) groups is 1. The molecule has 0 aromatic carbocycles. The molecule has 0 fully saturated rings. The van der Waals surface area contributed by atoms with E-state index < -0.39 is 4.92 Å². The van der Waals surface area contributed by atoms with Crippen LogP contribution in [0.15, 0.2) is 23.3 Å². The van der Waals surface area contributed by atoms with Gasteiger partial charge in [0.05, 0.1) is 4.92 Å². The summed E-state index contributed by atoms with van der Waals surface area (Å²) in [6.45, 7) is 2.72. The monoisotopic (exact) mass is 237 g/mol. The first-order valence-corrected chi connectivity index (χ1v) is 5.31. The van der Waals surface area contributed by atoms with Crippen LogP contribution in [0.5, 0.6) is 0 Å². The SMILES string of the molecule is CCCCN=C(N)Nc1ccc([N+](=O)[O-])cn1. The highest BCUT2D eigenvalue weighted by molar-refractivity contribution is 5.91. The average molecular weight is 237 g/mol. The van der Waals surface area contributed by atoms with Gasteiger partial charge in [0.2, 0.25) is 0 Å². The third kappa shape index (κ3) is 4.45. The van der Waals surface area contributed by atoms with Crippen molar-refractivity contribution in [3.63, 3.8) is 0 Å². The van der Waals surface area contributed by atoms with E-state index in [1.807, 2.05) is 0 Å². The Balaban J connectivity index is 2.56. The number of nitrogens with one attached hydrogen (secondary N) is 1. The quantitative estimate of drug-likeness (QED) is 0.265. The van der Waals surface area contributed by atoms with Crippen LogP contribution >= 0.6 is 0 Å². The number of unbranched alkanes of at least 4 members (excludes halogenated alkanes) is 1.